The third-order valence-electron chi connectivity index (χ3n) is 4.71. The number of methoxy groups -OCH3 is 1. The molecule has 3 rings (SSSR count). The molecule has 1 aliphatic carbocycles. The first kappa shape index (κ1) is 14.4. The number of nitrogens with one attached hydrogen (secondary N) is 1. The van der Waals surface area contributed by atoms with Crippen LogP contribution in [0, 0.1) is 0 Å². The number of fused-ring (bicyclic) bond motifs is 1. The van der Waals surface area contributed by atoms with Gasteiger partial charge in [-0.3, -0.25) is 0 Å². The number of rotatable bonds is 2. The van der Waals surface area contributed by atoms with E-state index in [4.69, 9.17) is 4.74 Å². The lowest BCUT2D eigenvalue weighted by Crippen LogP contribution is -2.27. The third kappa shape index (κ3) is 2.75. The minimum atomic E-state index is 0.462. The molecule has 1 atom stereocenters. The molecule has 2 nitrogen and oxygen atoms in total. The molecular weight excluding hydrogens is 314 g/mol. The van der Waals surface area contributed by atoms with Crippen LogP contribution in [0.1, 0.15) is 61.3 Å². The van der Waals surface area contributed by atoms with Gasteiger partial charge in [-0.05, 0) is 72.1 Å². The maximum absolute atomic E-state index is 5.75. The lowest BCUT2D eigenvalue weighted by molar-refractivity contribution is 0.371. The van der Waals surface area contributed by atoms with E-state index in [1.54, 1.807) is 7.11 Å². The van der Waals surface area contributed by atoms with Crippen molar-refractivity contribution in [1.82, 2.24) is 5.32 Å². The molecule has 2 aliphatic rings. The molecule has 110 valence electrons. The Labute approximate surface area is 130 Å². The Hall–Kier alpha value is -0.540. The van der Waals surface area contributed by atoms with Gasteiger partial charge in [0.1, 0.15) is 5.75 Å². The maximum atomic E-state index is 5.75. The largest absolute Gasteiger partial charge is 0.495 e. The quantitative estimate of drug-likeness (QED) is 0.800. The fraction of sp³-hybridized carbons (Fsp3) is 0.647. The van der Waals surface area contributed by atoms with E-state index in [9.17, 15) is 0 Å². The van der Waals surface area contributed by atoms with Gasteiger partial charge in [0, 0.05) is 11.6 Å². The van der Waals surface area contributed by atoms with Crippen LogP contribution in [0.25, 0.3) is 0 Å². The van der Waals surface area contributed by atoms with Crippen molar-refractivity contribution in [2.45, 2.75) is 57.4 Å². The summed E-state index contributed by atoms with van der Waals surface area (Å²) in [5.41, 5.74) is 4.39. The number of ether oxygens (including phenoxy) is 1. The second-order valence-corrected chi connectivity index (χ2v) is 6.81. The van der Waals surface area contributed by atoms with E-state index in [1.165, 1.54) is 72.5 Å². The molecule has 0 bridgehead atoms. The van der Waals surface area contributed by atoms with E-state index in [1.807, 2.05) is 0 Å². The van der Waals surface area contributed by atoms with Crippen LogP contribution in [0.2, 0.25) is 0 Å². The number of piperidine rings is 1. The van der Waals surface area contributed by atoms with Gasteiger partial charge in [0.05, 0.1) is 11.6 Å². The van der Waals surface area contributed by atoms with Crippen LogP contribution in [0.3, 0.4) is 0 Å². The molecule has 0 saturated carbocycles. The molecule has 0 spiro atoms. The van der Waals surface area contributed by atoms with Crippen molar-refractivity contribution < 1.29 is 4.74 Å². The van der Waals surface area contributed by atoms with Crippen molar-refractivity contribution in [3.8, 4) is 5.75 Å². The summed E-state index contributed by atoms with van der Waals surface area (Å²) in [6, 6.07) is 2.89. The number of hydrogen-bond acceptors (Lipinski definition) is 2. The van der Waals surface area contributed by atoms with Gasteiger partial charge in [0.15, 0.2) is 0 Å². The number of halogens is 1. The van der Waals surface area contributed by atoms with E-state index in [0.29, 0.717) is 6.04 Å². The Morgan fingerprint density at radius 3 is 2.75 bits per heavy atom. The normalized spacial score (nSPS) is 23.0. The first-order valence-electron chi connectivity index (χ1n) is 7.92. The summed E-state index contributed by atoms with van der Waals surface area (Å²) in [5, 5.41) is 3.66. The molecule has 1 saturated heterocycles. The highest BCUT2D eigenvalue weighted by molar-refractivity contribution is 9.10. The second kappa shape index (κ2) is 6.48. The molecule has 1 N–H and O–H groups in total. The Bertz CT molecular complexity index is 480. The SMILES string of the molecule is COc1c(C2CCCCN2)cc2c(c1Br)CCCCC2. The van der Waals surface area contributed by atoms with Crippen LogP contribution in [-0.4, -0.2) is 13.7 Å². The Morgan fingerprint density at radius 1 is 1.15 bits per heavy atom. The van der Waals surface area contributed by atoms with E-state index in [-0.39, 0.29) is 0 Å². The van der Waals surface area contributed by atoms with Crippen LogP contribution >= 0.6 is 15.9 Å². The summed E-state index contributed by atoms with van der Waals surface area (Å²) >= 11 is 3.83. The molecule has 3 heteroatoms. The molecule has 0 amide bonds. The molecule has 20 heavy (non-hydrogen) atoms. The van der Waals surface area contributed by atoms with E-state index in [0.717, 1.165) is 12.3 Å². The Kier molecular flexibility index (Phi) is 4.67. The average molecular weight is 338 g/mol. The third-order valence-corrected chi connectivity index (χ3v) is 5.55. The highest BCUT2D eigenvalue weighted by Gasteiger charge is 2.24. The monoisotopic (exact) mass is 337 g/mol. The molecule has 1 unspecified atom stereocenters. The fourth-order valence-corrected chi connectivity index (χ4v) is 4.46. The van der Waals surface area contributed by atoms with Crippen molar-refractivity contribution >= 4 is 15.9 Å². The van der Waals surface area contributed by atoms with Crippen LogP contribution in [0.4, 0.5) is 0 Å². The van der Waals surface area contributed by atoms with Crippen LogP contribution in [-0.2, 0) is 12.8 Å². The molecule has 1 aromatic rings. The maximum Gasteiger partial charge on any atom is 0.138 e. The summed E-state index contributed by atoms with van der Waals surface area (Å²) in [6.45, 7) is 1.13. The smallest absolute Gasteiger partial charge is 0.138 e. The standard InChI is InChI=1S/C17H24BrNO/c1-20-17-14(15-9-5-6-10-19-15)11-12-7-3-2-4-8-13(12)16(17)18/h11,15,19H,2-10H2,1H3. The second-order valence-electron chi connectivity index (χ2n) is 6.01. The zero-order valence-corrected chi connectivity index (χ0v) is 13.9. The molecule has 0 aromatic heterocycles. The average Bonchev–Trinajstić information content (AvgIpc) is 2.73. The van der Waals surface area contributed by atoms with Gasteiger partial charge in [-0.2, -0.15) is 0 Å². The van der Waals surface area contributed by atoms with Gasteiger partial charge < -0.3 is 10.1 Å². The number of hydrogen-bond donors (Lipinski definition) is 1. The summed E-state index contributed by atoms with van der Waals surface area (Å²) in [6.07, 6.45) is 10.2. The van der Waals surface area contributed by atoms with E-state index in [2.05, 4.69) is 27.3 Å². The van der Waals surface area contributed by atoms with Crippen LogP contribution < -0.4 is 10.1 Å². The first-order valence-corrected chi connectivity index (χ1v) is 8.72. The van der Waals surface area contributed by atoms with Crippen molar-refractivity contribution in [2.24, 2.45) is 0 Å². The fourth-order valence-electron chi connectivity index (χ4n) is 3.62. The van der Waals surface area contributed by atoms with Gasteiger partial charge in [-0.25, -0.2) is 0 Å². The van der Waals surface area contributed by atoms with Gasteiger partial charge in [0.2, 0.25) is 0 Å². The molecule has 0 radical (unpaired) electrons. The lowest BCUT2D eigenvalue weighted by atomic mass is 9.91. The molecular formula is C17H24BrNO. The Morgan fingerprint density at radius 2 is 2.00 bits per heavy atom. The molecule has 1 aliphatic heterocycles. The van der Waals surface area contributed by atoms with Crippen molar-refractivity contribution in [3.05, 3.63) is 27.2 Å². The minimum Gasteiger partial charge on any atom is -0.495 e. The summed E-state index contributed by atoms with van der Waals surface area (Å²) in [5.74, 6) is 1.06. The summed E-state index contributed by atoms with van der Waals surface area (Å²) in [7, 11) is 1.80. The van der Waals surface area contributed by atoms with Crippen LogP contribution in [0.15, 0.2) is 10.5 Å². The van der Waals surface area contributed by atoms with Gasteiger partial charge in [-0.1, -0.05) is 18.9 Å². The molecule has 1 aromatic carbocycles. The lowest BCUT2D eigenvalue weighted by Gasteiger charge is -2.27. The van der Waals surface area contributed by atoms with Crippen molar-refractivity contribution in [1.29, 1.82) is 0 Å². The van der Waals surface area contributed by atoms with Crippen molar-refractivity contribution in [3.63, 3.8) is 0 Å². The number of benzene rings is 1. The van der Waals surface area contributed by atoms with Crippen LogP contribution in [0.5, 0.6) is 5.75 Å². The van der Waals surface area contributed by atoms with Gasteiger partial charge in [0.25, 0.3) is 0 Å². The zero-order chi connectivity index (χ0) is 13.9. The summed E-state index contributed by atoms with van der Waals surface area (Å²) in [4.78, 5) is 0. The van der Waals surface area contributed by atoms with E-state index >= 15 is 0 Å². The highest BCUT2D eigenvalue weighted by atomic mass is 79.9. The molecule has 1 fully saturated rings. The van der Waals surface area contributed by atoms with E-state index < -0.39 is 0 Å². The predicted molar refractivity (Wildman–Crippen MR) is 86.5 cm³/mol. The minimum absolute atomic E-state index is 0.462. The first-order chi connectivity index (χ1) is 9.81. The predicted octanol–water partition coefficient (Wildman–Crippen LogP) is 4.54. The van der Waals surface area contributed by atoms with Gasteiger partial charge in [-0.15, -0.1) is 0 Å². The number of aryl methyl sites for hydroxylation is 1. The molecule has 1 heterocycles. The highest BCUT2D eigenvalue weighted by Crippen LogP contribution is 2.41. The van der Waals surface area contributed by atoms with Crippen molar-refractivity contribution in [2.75, 3.05) is 13.7 Å². The Balaban J connectivity index is 2.04. The zero-order valence-electron chi connectivity index (χ0n) is 12.3. The van der Waals surface area contributed by atoms with Gasteiger partial charge >= 0.3 is 0 Å². The topological polar surface area (TPSA) is 21.3 Å². The summed E-state index contributed by atoms with van der Waals surface area (Å²) < 4.78 is 6.96.